The number of methoxy groups -OCH3 is 1. The number of nitrogens with one attached hydrogen (secondary N) is 1. The normalized spacial score (nSPS) is 12.3. The zero-order valence-corrected chi connectivity index (χ0v) is 16.3. The summed E-state index contributed by atoms with van der Waals surface area (Å²) in [6.45, 7) is 2.70. The molecular formula is C22H22N4O3. The molecule has 4 rings (SSSR count). The van der Waals surface area contributed by atoms with E-state index < -0.39 is 0 Å². The van der Waals surface area contributed by atoms with Crippen LogP contribution < -0.4 is 10.9 Å². The lowest BCUT2D eigenvalue weighted by Gasteiger charge is -2.15. The molecule has 7 nitrogen and oxygen atoms in total. The van der Waals surface area contributed by atoms with E-state index in [0.717, 1.165) is 5.56 Å². The Labute approximate surface area is 167 Å². The minimum atomic E-state index is -0.267. The van der Waals surface area contributed by atoms with Crippen LogP contribution in [0.2, 0.25) is 0 Å². The van der Waals surface area contributed by atoms with Crippen molar-refractivity contribution < 1.29 is 9.53 Å². The van der Waals surface area contributed by atoms with Gasteiger partial charge in [0.1, 0.15) is 17.0 Å². The van der Waals surface area contributed by atoms with Crippen molar-refractivity contribution in [2.24, 2.45) is 0 Å². The molecule has 1 amide bonds. The number of ether oxygens (including phenoxy) is 1. The summed E-state index contributed by atoms with van der Waals surface area (Å²) in [5.74, 6) is -0.267. The first-order valence-electron chi connectivity index (χ1n) is 9.43. The van der Waals surface area contributed by atoms with Crippen molar-refractivity contribution in [3.8, 4) is 0 Å². The molecule has 7 heteroatoms. The van der Waals surface area contributed by atoms with Gasteiger partial charge >= 0.3 is 0 Å². The summed E-state index contributed by atoms with van der Waals surface area (Å²) in [6.07, 6.45) is 1.68. The first-order chi connectivity index (χ1) is 14.1. The molecule has 0 spiro atoms. The topological polar surface area (TPSA) is 77.6 Å². The van der Waals surface area contributed by atoms with Crippen LogP contribution in [0.1, 0.15) is 23.0 Å². The molecule has 0 saturated carbocycles. The van der Waals surface area contributed by atoms with E-state index in [0.29, 0.717) is 35.5 Å². The largest absolute Gasteiger partial charge is 0.383 e. The predicted molar refractivity (Wildman–Crippen MR) is 111 cm³/mol. The van der Waals surface area contributed by atoms with Crippen molar-refractivity contribution in [1.29, 1.82) is 0 Å². The van der Waals surface area contributed by atoms with Crippen LogP contribution in [-0.4, -0.2) is 39.6 Å². The third-order valence-electron chi connectivity index (χ3n) is 4.79. The lowest BCUT2D eigenvalue weighted by molar-refractivity contribution is 0.0897. The van der Waals surface area contributed by atoms with Crippen molar-refractivity contribution in [1.82, 2.24) is 19.3 Å². The van der Waals surface area contributed by atoms with Crippen LogP contribution >= 0.6 is 0 Å². The molecule has 0 unspecified atom stereocenters. The third kappa shape index (κ3) is 3.64. The maximum atomic E-state index is 13.0. The van der Waals surface area contributed by atoms with E-state index >= 15 is 0 Å². The van der Waals surface area contributed by atoms with E-state index in [4.69, 9.17) is 4.74 Å². The Balaban J connectivity index is 1.89. The number of hydrogen-bond acceptors (Lipinski definition) is 4. The molecule has 3 heterocycles. The molecule has 29 heavy (non-hydrogen) atoms. The minimum absolute atomic E-state index is 0.163. The van der Waals surface area contributed by atoms with Gasteiger partial charge in [-0.25, -0.2) is 4.98 Å². The van der Waals surface area contributed by atoms with Crippen molar-refractivity contribution in [2.75, 3.05) is 13.7 Å². The van der Waals surface area contributed by atoms with E-state index in [1.54, 1.807) is 36.1 Å². The van der Waals surface area contributed by atoms with Crippen molar-refractivity contribution in [3.63, 3.8) is 0 Å². The summed E-state index contributed by atoms with van der Waals surface area (Å²) in [5, 5.41) is 3.34. The summed E-state index contributed by atoms with van der Waals surface area (Å²) in [4.78, 5) is 30.7. The molecule has 3 aromatic heterocycles. The fourth-order valence-corrected chi connectivity index (χ4v) is 3.46. The summed E-state index contributed by atoms with van der Waals surface area (Å²) in [6, 6.07) is 16.6. The second-order valence-electron chi connectivity index (χ2n) is 7.01. The quantitative estimate of drug-likeness (QED) is 0.549. The number of benzene rings is 1. The number of aromatic nitrogens is 3. The van der Waals surface area contributed by atoms with Crippen LogP contribution in [0.25, 0.3) is 16.7 Å². The highest BCUT2D eigenvalue weighted by Crippen LogP contribution is 2.19. The number of carbonyl (C=O) groups excluding carboxylic acids is 1. The number of carbonyl (C=O) groups is 1. The smallest absolute Gasteiger partial charge is 0.268 e. The molecule has 0 aliphatic rings. The van der Waals surface area contributed by atoms with Gasteiger partial charge in [0.25, 0.3) is 11.5 Å². The molecule has 0 aliphatic heterocycles. The SMILES string of the molecule is COC[C@@H](C)NC(=O)c1cc2c(=O)n3ccccc3nc2n1Cc1ccccc1. The van der Waals surface area contributed by atoms with Gasteiger partial charge in [0.15, 0.2) is 0 Å². The molecule has 1 aromatic carbocycles. The number of hydrogen-bond donors (Lipinski definition) is 1. The zero-order valence-electron chi connectivity index (χ0n) is 16.3. The summed E-state index contributed by atoms with van der Waals surface area (Å²) >= 11 is 0. The summed E-state index contributed by atoms with van der Waals surface area (Å²) in [7, 11) is 1.59. The Morgan fingerprint density at radius 2 is 1.93 bits per heavy atom. The van der Waals surface area contributed by atoms with E-state index in [2.05, 4.69) is 10.3 Å². The van der Waals surface area contributed by atoms with Gasteiger partial charge in [0.05, 0.1) is 12.0 Å². The Morgan fingerprint density at radius 3 is 2.69 bits per heavy atom. The molecule has 148 valence electrons. The van der Waals surface area contributed by atoms with Crippen LogP contribution in [0.4, 0.5) is 0 Å². The molecule has 1 atom stereocenters. The Bertz CT molecular complexity index is 1230. The fraction of sp³-hybridized carbons (Fsp3) is 0.227. The Morgan fingerprint density at radius 1 is 1.17 bits per heavy atom. The molecule has 0 aliphatic carbocycles. The highest BCUT2D eigenvalue weighted by molar-refractivity contribution is 5.98. The molecule has 0 bridgehead atoms. The van der Waals surface area contributed by atoms with Crippen LogP contribution in [-0.2, 0) is 11.3 Å². The fourth-order valence-electron chi connectivity index (χ4n) is 3.46. The van der Waals surface area contributed by atoms with Crippen LogP contribution in [0, 0.1) is 0 Å². The molecule has 4 aromatic rings. The van der Waals surface area contributed by atoms with Crippen molar-refractivity contribution >= 4 is 22.6 Å². The minimum Gasteiger partial charge on any atom is -0.383 e. The van der Waals surface area contributed by atoms with E-state index in [9.17, 15) is 9.59 Å². The van der Waals surface area contributed by atoms with Gasteiger partial charge in [-0.05, 0) is 30.7 Å². The maximum absolute atomic E-state index is 13.0. The first kappa shape index (κ1) is 18.9. The van der Waals surface area contributed by atoms with E-state index in [1.165, 1.54) is 4.40 Å². The van der Waals surface area contributed by atoms with Gasteiger partial charge in [-0.2, -0.15) is 0 Å². The number of fused-ring (bicyclic) bond motifs is 2. The molecule has 1 N–H and O–H groups in total. The van der Waals surface area contributed by atoms with Crippen LogP contribution in [0.5, 0.6) is 0 Å². The monoisotopic (exact) mass is 390 g/mol. The predicted octanol–water partition coefficient (Wildman–Crippen LogP) is 2.46. The van der Waals surface area contributed by atoms with Crippen molar-refractivity contribution in [3.05, 3.63) is 82.4 Å². The average molecular weight is 390 g/mol. The first-order valence-corrected chi connectivity index (χ1v) is 9.43. The number of rotatable bonds is 6. The number of pyridine rings is 1. The van der Waals surface area contributed by atoms with Gasteiger partial charge in [0, 0.05) is 25.9 Å². The summed E-state index contributed by atoms with van der Waals surface area (Å²) in [5.41, 5.74) is 2.24. The van der Waals surface area contributed by atoms with E-state index in [-0.39, 0.29) is 17.5 Å². The number of amides is 1. The number of nitrogens with zero attached hydrogens (tertiary/aromatic N) is 3. The third-order valence-corrected chi connectivity index (χ3v) is 4.79. The summed E-state index contributed by atoms with van der Waals surface area (Å²) < 4.78 is 8.40. The van der Waals surface area contributed by atoms with Gasteiger partial charge in [-0.3, -0.25) is 14.0 Å². The van der Waals surface area contributed by atoms with Gasteiger partial charge in [0.2, 0.25) is 0 Å². The lowest BCUT2D eigenvalue weighted by Crippen LogP contribution is -2.36. The lowest BCUT2D eigenvalue weighted by atomic mass is 10.2. The van der Waals surface area contributed by atoms with E-state index in [1.807, 2.05) is 43.3 Å². The molecule has 0 saturated heterocycles. The van der Waals surface area contributed by atoms with Gasteiger partial charge in [-0.1, -0.05) is 36.4 Å². The standard InChI is InChI=1S/C22H22N4O3/c1-15(14-29-2)23-21(27)18-12-17-20(26(18)13-16-8-4-3-5-9-16)24-19-10-6-7-11-25(19)22(17)28/h3-12,15H,13-14H2,1-2H3,(H,23,27)/t15-/m1/s1. The van der Waals surface area contributed by atoms with Crippen LogP contribution in [0.15, 0.2) is 65.6 Å². The molecular weight excluding hydrogens is 368 g/mol. The maximum Gasteiger partial charge on any atom is 0.268 e. The molecule has 0 fully saturated rings. The highest BCUT2D eigenvalue weighted by atomic mass is 16.5. The Kier molecular flexibility index (Phi) is 5.14. The van der Waals surface area contributed by atoms with Gasteiger partial charge in [-0.15, -0.1) is 0 Å². The highest BCUT2D eigenvalue weighted by Gasteiger charge is 2.21. The molecule has 0 radical (unpaired) electrons. The van der Waals surface area contributed by atoms with Crippen LogP contribution in [0.3, 0.4) is 0 Å². The zero-order chi connectivity index (χ0) is 20.4. The van der Waals surface area contributed by atoms with Gasteiger partial charge < -0.3 is 14.6 Å². The average Bonchev–Trinajstić information content (AvgIpc) is 3.08. The second kappa shape index (κ2) is 7.89. The van der Waals surface area contributed by atoms with Crippen molar-refractivity contribution in [2.45, 2.75) is 19.5 Å². The Hall–Kier alpha value is -3.45. The second-order valence-corrected chi connectivity index (χ2v) is 7.01.